The third-order valence-corrected chi connectivity index (χ3v) is 5.60. The van der Waals surface area contributed by atoms with Gasteiger partial charge in [0.25, 0.3) is 0 Å². The van der Waals surface area contributed by atoms with Crippen LogP contribution in [-0.2, 0) is 41.7 Å². The van der Waals surface area contributed by atoms with E-state index >= 15 is 0 Å². The van der Waals surface area contributed by atoms with Crippen molar-refractivity contribution < 1.29 is 62.0 Å². The lowest BCUT2D eigenvalue weighted by molar-refractivity contribution is -0.192. The minimum absolute atomic E-state index is 0.162. The Balaban J connectivity index is 0.00000129. The Hall–Kier alpha value is -5.19. The molecule has 3 amide bonds. The van der Waals surface area contributed by atoms with Crippen LogP contribution in [0.25, 0.3) is 0 Å². The summed E-state index contributed by atoms with van der Waals surface area (Å²) in [6.07, 6.45) is -4.85. The van der Waals surface area contributed by atoms with E-state index in [0.29, 0.717) is 37.1 Å². The van der Waals surface area contributed by atoms with Crippen LogP contribution < -0.4 is 21.7 Å². The molecule has 0 heterocycles. The van der Waals surface area contributed by atoms with Gasteiger partial charge in [0.15, 0.2) is 0 Å². The van der Waals surface area contributed by atoms with Crippen molar-refractivity contribution in [3.63, 3.8) is 0 Å². The Bertz CT molecular complexity index is 1290. The Morgan fingerprint density at radius 1 is 0.867 bits per heavy atom. The molecule has 2 aromatic carbocycles. The summed E-state index contributed by atoms with van der Waals surface area (Å²) < 4.78 is 36.9. The standard InChI is InChI=1S/C26H32N4O8.C2HF3O2/c27-20(8-4-5-13-28-26(37)38-16-18-6-2-1-3-7-18)24(34)29-19-11-9-17(10-12-19)14-22(31)30-21(25(35)36)15-23(32)33;3-2(4,5)1(6)7/h1-3,6-7,9-12,20-21H,4-5,8,13-16,27H2,(H,28,37)(H,29,34)(H,30,31)(H,32,33)(H,35,36);(H,6,7)/t20-,21-;/m0./s1. The molecule has 2 aromatic rings. The number of amides is 3. The van der Waals surface area contributed by atoms with Crippen LogP contribution in [0.5, 0.6) is 0 Å². The molecule has 0 saturated carbocycles. The van der Waals surface area contributed by atoms with Crippen molar-refractivity contribution in [2.45, 2.75) is 57.0 Å². The molecule has 8 N–H and O–H groups in total. The summed E-state index contributed by atoms with van der Waals surface area (Å²) >= 11 is 0. The van der Waals surface area contributed by atoms with Gasteiger partial charge in [-0.15, -0.1) is 0 Å². The SMILES string of the molecule is N[C@@H](CCCCNC(=O)OCc1ccccc1)C(=O)Nc1ccc(CC(=O)N[C@@H](CC(=O)O)C(=O)O)cc1.O=C(O)C(F)(F)F. The number of nitrogens with two attached hydrogens (primary N) is 1. The van der Waals surface area contributed by atoms with Crippen molar-refractivity contribution >= 4 is 41.5 Å². The molecule has 0 saturated heterocycles. The maximum Gasteiger partial charge on any atom is 0.490 e. The first-order valence-electron chi connectivity index (χ1n) is 13.2. The highest BCUT2D eigenvalue weighted by molar-refractivity contribution is 5.94. The van der Waals surface area contributed by atoms with Crippen molar-refractivity contribution in [2.24, 2.45) is 5.73 Å². The zero-order valence-electron chi connectivity index (χ0n) is 23.7. The van der Waals surface area contributed by atoms with Crippen LogP contribution in [0.2, 0.25) is 0 Å². The Morgan fingerprint density at radius 3 is 2.00 bits per heavy atom. The molecule has 0 unspecified atom stereocenters. The van der Waals surface area contributed by atoms with E-state index in [1.165, 1.54) is 0 Å². The first kappa shape index (κ1) is 37.8. The average molecular weight is 643 g/mol. The minimum atomic E-state index is -5.08. The first-order chi connectivity index (χ1) is 21.1. The molecule has 0 radical (unpaired) electrons. The highest BCUT2D eigenvalue weighted by Gasteiger charge is 2.38. The van der Waals surface area contributed by atoms with Gasteiger partial charge in [0, 0.05) is 12.2 Å². The molecular formula is C28H33F3N4O10. The molecule has 246 valence electrons. The fourth-order valence-corrected chi connectivity index (χ4v) is 3.33. The number of hydrogen-bond acceptors (Lipinski definition) is 8. The molecule has 14 nitrogen and oxygen atoms in total. The number of nitrogens with one attached hydrogen (secondary N) is 3. The minimum Gasteiger partial charge on any atom is -0.481 e. The van der Waals surface area contributed by atoms with Crippen molar-refractivity contribution in [1.82, 2.24) is 10.6 Å². The summed E-state index contributed by atoms with van der Waals surface area (Å²) in [5.74, 6) is -6.56. The van der Waals surface area contributed by atoms with Crippen molar-refractivity contribution in [3.05, 3.63) is 65.7 Å². The van der Waals surface area contributed by atoms with E-state index in [0.717, 1.165) is 5.56 Å². The van der Waals surface area contributed by atoms with Gasteiger partial charge in [-0.05, 0) is 42.5 Å². The number of alkyl halides is 3. The number of halogens is 3. The van der Waals surface area contributed by atoms with Crippen LogP contribution in [0.15, 0.2) is 54.6 Å². The van der Waals surface area contributed by atoms with E-state index < -0.39 is 54.6 Å². The number of carboxylic acids is 3. The molecule has 0 aliphatic rings. The molecule has 2 atom stereocenters. The lowest BCUT2D eigenvalue weighted by Crippen LogP contribution is -2.42. The number of carbonyl (C=O) groups excluding carboxylic acids is 3. The summed E-state index contributed by atoms with van der Waals surface area (Å²) in [5.41, 5.74) is 7.85. The number of aliphatic carboxylic acids is 3. The highest BCUT2D eigenvalue weighted by Crippen LogP contribution is 2.13. The number of rotatable bonds is 15. The highest BCUT2D eigenvalue weighted by atomic mass is 19.4. The van der Waals surface area contributed by atoms with Gasteiger partial charge in [0.05, 0.1) is 18.9 Å². The summed E-state index contributed by atoms with van der Waals surface area (Å²) in [4.78, 5) is 66.8. The van der Waals surface area contributed by atoms with Gasteiger partial charge in [-0.1, -0.05) is 42.5 Å². The number of ether oxygens (including phenoxy) is 1. The fourth-order valence-electron chi connectivity index (χ4n) is 3.33. The lowest BCUT2D eigenvalue weighted by Gasteiger charge is -2.14. The van der Waals surface area contributed by atoms with Crippen LogP contribution in [0, 0.1) is 0 Å². The molecule has 17 heteroatoms. The summed E-state index contributed by atoms with van der Waals surface area (Å²) in [6, 6.07) is 13.3. The Kier molecular flexibility index (Phi) is 16.1. The van der Waals surface area contributed by atoms with E-state index in [-0.39, 0.29) is 18.9 Å². The molecule has 0 bridgehead atoms. The topological polar surface area (TPSA) is 234 Å². The smallest absolute Gasteiger partial charge is 0.481 e. The predicted octanol–water partition coefficient (Wildman–Crippen LogP) is 2.27. The second-order valence-electron chi connectivity index (χ2n) is 9.31. The normalized spacial score (nSPS) is 11.9. The molecule has 0 aromatic heterocycles. The molecule has 45 heavy (non-hydrogen) atoms. The maximum absolute atomic E-state index is 12.3. The maximum atomic E-state index is 12.3. The zero-order valence-corrected chi connectivity index (χ0v) is 23.7. The Labute approximate surface area is 254 Å². The number of alkyl carbamates (subject to hydrolysis) is 1. The summed E-state index contributed by atoms with van der Waals surface area (Å²) in [7, 11) is 0. The predicted molar refractivity (Wildman–Crippen MR) is 151 cm³/mol. The van der Waals surface area contributed by atoms with Gasteiger partial charge >= 0.3 is 30.2 Å². The number of benzene rings is 2. The number of carboxylic acid groups (broad SMARTS) is 3. The van der Waals surface area contributed by atoms with Crippen LogP contribution in [0.3, 0.4) is 0 Å². The first-order valence-corrected chi connectivity index (χ1v) is 13.2. The largest absolute Gasteiger partial charge is 0.490 e. The van der Waals surface area contributed by atoms with Crippen LogP contribution in [0.4, 0.5) is 23.7 Å². The Morgan fingerprint density at radius 2 is 1.47 bits per heavy atom. The fraction of sp³-hybridized carbons (Fsp3) is 0.357. The van der Waals surface area contributed by atoms with Crippen molar-refractivity contribution in [3.8, 4) is 0 Å². The van der Waals surface area contributed by atoms with Gasteiger partial charge in [-0.3, -0.25) is 14.4 Å². The quantitative estimate of drug-likeness (QED) is 0.139. The second-order valence-corrected chi connectivity index (χ2v) is 9.31. The van der Waals surface area contributed by atoms with Gasteiger partial charge in [-0.25, -0.2) is 14.4 Å². The summed E-state index contributed by atoms with van der Waals surface area (Å²) in [5, 5.41) is 32.4. The van der Waals surface area contributed by atoms with Crippen molar-refractivity contribution in [1.29, 1.82) is 0 Å². The number of anilines is 1. The lowest BCUT2D eigenvalue weighted by atomic mass is 10.1. The van der Waals surface area contributed by atoms with E-state index in [9.17, 15) is 37.1 Å². The van der Waals surface area contributed by atoms with E-state index in [4.69, 9.17) is 30.6 Å². The number of carbonyl (C=O) groups is 6. The van der Waals surface area contributed by atoms with Gasteiger partial charge < -0.3 is 41.7 Å². The van der Waals surface area contributed by atoms with Crippen LogP contribution >= 0.6 is 0 Å². The third kappa shape index (κ3) is 16.9. The third-order valence-electron chi connectivity index (χ3n) is 5.60. The van der Waals surface area contributed by atoms with Gasteiger partial charge in [0.1, 0.15) is 12.6 Å². The molecule has 0 fully saturated rings. The number of hydrogen-bond donors (Lipinski definition) is 7. The zero-order chi connectivity index (χ0) is 34.0. The van der Waals surface area contributed by atoms with E-state index in [1.54, 1.807) is 24.3 Å². The van der Waals surface area contributed by atoms with Crippen LogP contribution in [0.1, 0.15) is 36.8 Å². The van der Waals surface area contributed by atoms with Crippen molar-refractivity contribution in [2.75, 3.05) is 11.9 Å². The molecule has 0 spiro atoms. The average Bonchev–Trinajstić information content (AvgIpc) is 2.96. The van der Waals surface area contributed by atoms with Gasteiger partial charge in [-0.2, -0.15) is 13.2 Å². The molecular weight excluding hydrogens is 609 g/mol. The number of unbranched alkanes of at least 4 members (excludes halogenated alkanes) is 1. The molecule has 2 rings (SSSR count). The van der Waals surface area contributed by atoms with E-state index in [1.807, 2.05) is 30.3 Å². The van der Waals surface area contributed by atoms with E-state index in [2.05, 4.69) is 16.0 Å². The summed E-state index contributed by atoms with van der Waals surface area (Å²) in [6.45, 7) is 0.574. The molecule has 0 aliphatic carbocycles. The molecule has 0 aliphatic heterocycles. The monoisotopic (exact) mass is 642 g/mol. The second kappa shape index (κ2) is 19.2. The van der Waals surface area contributed by atoms with Crippen LogP contribution in [-0.4, -0.2) is 75.9 Å². The van der Waals surface area contributed by atoms with Gasteiger partial charge in [0.2, 0.25) is 11.8 Å².